The van der Waals surface area contributed by atoms with E-state index in [1.54, 1.807) is 30.3 Å². The van der Waals surface area contributed by atoms with Crippen molar-refractivity contribution >= 4 is 33.1 Å². The molecule has 0 aliphatic carbocycles. The van der Waals surface area contributed by atoms with Crippen LogP contribution in [0.4, 0.5) is 11.5 Å². The molecule has 0 amide bonds. The molecule has 0 saturated carbocycles. The first-order valence-electron chi connectivity index (χ1n) is 10.4. The fraction of sp³-hybridized carbons (Fsp3) is 0.304. The molecular weight excluding hydrogens is 448 g/mol. The Bertz CT molecular complexity index is 1180. The summed E-state index contributed by atoms with van der Waals surface area (Å²) in [4.78, 5) is 2.24. The molecule has 3 aromatic rings. The normalized spacial score (nSPS) is 14.9. The van der Waals surface area contributed by atoms with E-state index in [1.807, 2.05) is 12.1 Å². The summed E-state index contributed by atoms with van der Waals surface area (Å²) in [7, 11) is -2.46. The quantitative estimate of drug-likeness (QED) is 0.552. The van der Waals surface area contributed by atoms with E-state index >= 15 is 0 Å². The van der Waals surface area contributed by atoms with E-state index < -0.39 is 10.0 Å². The molecular formula is C23H25ClN4O3S. The van der Waals surface area contributed by atoms with E-state index in [0.717, 1.165) is 36.1 Å². The number of halogens is 1. The van der Waals surface area contributed by atoms with Gasteiger partial charge in [0.05, 0.1) is 12.8 Å². The molecule has 1 fully saturated rings. The number of hydrogen-bond donors (Lipinski definition) is 1. The molecule has 7 nitrogen and oxygen atoms in total. The number of ether oxygens (including phenoxy) is 1. The summed E-state index contributed by atoms with van der Waals surface area (Å²) in [5, 5.41) is 9.06. The van der Waals surface area contributed by atoms with Crippen molar-refractivity contribution in [2.75, 3.05) is 29.8 Å². The first kappa shape index (κ1) is 22.4. The number of piperidine rings is 1. The molecule has 1 aliphatic rings. The highest BCUT2D eigenvalue weighted by atomic mass is 35.5. The SMILES string of the molecule is COc1ccc(Cl)cc1S(=O)(=O)Nc1ccc(-c2ccc(N3CCC(C)CC3)nn2)cc1. The van der Waals surface area contributed by atoms with Crippen LogP contribution < -0.4 is 14.4 Å². The number of benzene rings is 2. The van der Waals surface area contributed by atoms with Crippen molar-refractivity contribution in [1.82, 2.24) is 10.2 Å². The number of nitrogens with zero attached hydrogens (tertiary/aromatic N) is 3. The summed E-state index contributed by atoms with van der Waals surface area (Å²) in [5.74, 6) is 1.87. The lowest BCUT2D eigenvalue weighted by Gasteiger charge is -2.30. The lowest BCUT2D eigenvalue weighted by atomic mass is 9.99. The van der Waals surface area contributed by atoms with Crippen LogP contribution in [0.25, 0.3) is 11.3 Å². The van der Waals surface area contributed by atoms with Gasteiger partial charge in [0.25, 0.3) is 10.0 Å². The van der Waals surface area contributed by atoms with Gasteiger partial charge < -0.3 is 9.64 Å². The average molecular weight is 473 g/mol. The first-order valence-corrected chi connectivity index (χ1v) is 12.3. The van der Waals surface area contributed by atoms with Gasteiger partial charge in [0.1, 0.15) is 10.6 Å². The minimum absolute atomic E-state index is 0.0230. The standard InChI is InChI=1S/C23H25ClN4O3S/c1-16-11-13-28(14-12-16)23-10-8-20(25-26-23)17-3-6-19(7-4-17)27-32(29,30)22-15-18(24)5-9-21(22)31-2/h3-10,15-16,27H,11-14H2,1-2H3. The van der Waals surface area contributed by atoms with Crippen molar-refractivity contribution in [2.45, 2.75) is 24.7 Å². The van der Waals surface area contributed by atoms with E-state index in [9.17, 15) is 8.42 Å². The zero-order valence-corrected chi connectivity index (χ0v) is 19.5. The van der Waals surface area contributed by atoms with Crippen molar-refractivity contribution in [3.05, 3.63) is 59.6 Å². The summed E-state index contributed by atoms with van der Waals surface area (Å²) in [6.45, 7) is 4.28. The van der Waals surface area contributed by atoms with Gasteiger partial charge in [-0.3, -0.25) is 4.72 Å². The van der Waals surface area contributed by atoms with Crippen LogP contribution in [0, 0.1) is 5.92 Å². The maximum Gasteiger partial charge on any atom is 0.265 e. The van der Waals surface area contributed by atoms with Crippen LogP contribution >= 0.6 is 11.6 Å². The third kappa shape index (κ3) is 4.97. The lowest BCUT2D eigenvalue weighted by molar-refractivity contribution is 0.403. The van der Waals surface area contributed by atoms with Crippen LogP contribution in [-0.2, 0) is 10.0 Å². The van der Waals surface area contributed by atoms with Crippen molar-refractivity contribution in [3.63, 3.8) is 0 Å². The molecule has 2 aromatic carbocycles. The highest BCUT2D eigenvalue weighted by Crippen LogP contribution is 2.29. The number of sulfonamides is 1. The van der Waals surface area contributed by atoms with Gasteiger partial charge >= 0.3 is 0 Å². The summed E-state index contributed by atoms with van der Waals surface area (Å²) < 4.78 is 33.4. The molecule has 0 radical (unpaired) electrons. The highest BCUT2D eigenvalue weighted by Gasteiger charge is 2.21. The van der Waals surface area contributed by atoms with Crippen LogP contribution in [-0.4, -0.2) is 38.8 Å². The monoisotopic (exact) mass is 472 g/mol. The van der Waals surface area contributed by atoms with Crippen molar-refractivity contribution in [3.8, 4) is 17.0 Å². The average Bonchev–Trinajstić information content (AvgIpc) is 2.80. The summed E-state index contributed by atoms with van der Waals surface area (Å²) in [6, 6.07) is 15.4. The topological polar surface area (TPSA) is 84.4 Å². The second-order valence-electron chi connectivity index (χ2n) is 7.92. The molecule has 1 aliphatic heterocycles. The largest absolute Gasteiger partial charge is 0.495 e. The molecule has 9 heteroatoms. The van der Waals surface area contributed by atoms with Crippen LogP contribution in [0.3, 0.4) is 0 Å². The number of anilines is 2. The molecule has 32 heavy (non-hydrogen) atoms. The molecule has 168 valence electrons. The Morgan fingerprint density at radius 3 is 2.38 bits per heavy atom. The summed E-state index contributed by atoms with van der Waals surface area (Å²) >= 11 is 5.97. The van der Waals surface area contributed by atoms with Gasteiger partial charge in [0.2, 0.25) is 0 Å². The van der Waals surface area contributed by atoms with Gasteiger partial charge in [0, 0.05) is 29.4 Å². The zero-order valence-electron chi connectivity index (χ0n) is 18.0. The molecule has 0 bridgehead atoms. The van der Waals surface area contributed by atoms with Gasteiger partial charge in [-0.1, -0.05) is 30.7 Å². The molecule has 4 rings (SSSR count). The highest BCUT2D eigenvalue weighted by molar-refractivity contribution is 7.92. The number of hydrogen-bond acceptors (Lipinski definition) is 6. The van der Waals surface area contributed by atoms with E-state index in [-0.39, 0.29) is 10.6 Å². The Hall–Kier alpha value is -2.84. The van der Waals surface area contributed by atoms with Gasteiger partial charge in [-0.05, 0) is 61.2 Å². The molecule has 1 saturated heterocycles. The molecule has 1 aromatic heterocycles. The van der Waals surface area contributed by atoms with Gasteiger partial charge in [-0.2, -0.15) is 0 Å². The minimum atomic E-state index is -3.87. The van der Waals surface area contributed by atoms with Gasteiger partial charge in [-0.25, -0.2) is 8.42 Å². The minimum Gasteiger partial charge on any atom is -0.495 e. The Kier molecular flexibility index (Phi) is 6.53. The van der Waals surface area contributed by atoms with Crippen molar-refractivity contribution in [1.29, 1.82) is 0 Å². The smallest absolute Gasteiger partial charge is 0.265 e. The van der Waals surface area contributed by atoms with Crippen LogP contribution in [0.5, 0.6) is 5.75 Å². The van der Waals surface area contributed by atoms with E-state index in [1.165, 1.54) is 32.1 Å². The van der Waals surface area contributed by atoms with Crippen molar-refractivity contribution in [2.24, 2.45) is 5.92 Å². The third-order valence-corrected chi connectivity index (χ3v) is 7.24. The second kappa shape index (κ2) is 9.34. The maximum absolute atomic E-state index is 12.8. The molecule has 2 heterocycles. The molecule has 0 spiro atoms. The van der Waals surface area contributed by atoms with Crippen molar-refractivity contribution < 1.29 is 13.2 Å². The van der Waals surface area contributed by atoms with E-state index in [0.29, 0.717) is 10.7 Å². The Balaban J connectivity index is 1.48. The predicted molar refractivity (Wildman–Crippen MR) is 127 cm³/mol. The molecule has 0 unspecified atom stereocenters. The summed E-state index contributed by atoms with van der Waals surface area (Å²) in [6.07, 6.45) is 2.34. The Labute approximate surface area is 193 Å². The number of aromatic nitrogens is 2. The number of rotatable bonds is 6. The van der Waals surface area contributed by atoms with E-state index in [2.05, 4.69) is 26.7 Å². The number of methoxy groups -OCH3 is 1. The molecule has 0 atom stereocenters. The fourth-order valence-corrected chi connectivity index (χ4v) is 5.16. The van der Waals surface area contributed by atoms with E-state index in [4.69, 9.17) is 16.3 Å². The van der Waals surface area contributed by atoms with Gasteiger partial charge in [0.15, 0.2) is 5.82 Å². The Morgan fingerprint density at radius 1 is 1.03 bits per heavy atom. The summed E-state index contributed by atoms with van der Waals surface area (Å²) in [5.41, 5.74) is 1.99. The fourth-order valence-electron chi connectivity index (χ4n) is 3.67. The third-order valence-electron chi connectivity index (χ3n) is 5.61. The Morgan fingerprint density at radius 2 is 1.75 bits per heavy atom. The lowest BCUT2D eigenvalue weighted by Crippen LogP contribution is -2.33. The van der Waals surface area contributed by atoms with Gasteiger partial charge in [-0.15, -0.1) is 10.2 Å². The number of nitrogens with one attached hydrogen (secondary N) is 1. The maximum atomic E-state index is 12.8. The zero-order chi connectivity index (χ0) is 22.7. The molecule has 1 N–H and O–H groups in total. The van der Waals surface area contributed by atoms with Crippen LogP contribution in [0.15, 0.2) is 59.5 Å². The predicted octanol–water partition coefficient (Wildman–Crippen LogP) is 4.84. The first-order chi connectivity index (χ1) is 15.4. The van der Waals surface area contributed by atoms with Crippen LogP contribution in [0.1, 0.15) is 19.8 Å². The van der Waals surface area contributed by atoms with Crippen LogP contribution in [0.2, 0.25) is 5.02 Å². The second-order valence-corrected chi connectivity index (χ2v) is 10.0.